The Kier molecular flexibility index (Phi) is 4.33. The van der Waals surface area contributed by atoms with Crippen LogP contribution in [0.4, 0.5) is 5.82 Å². The Hall–Kier alpha value is -0.470. The Morgan fingerprint density at radius 3 is 2.69 bits per heavy atom. The normalized spacial score (nSPS) is 10.5. The lowest BCUT2D eigenvalue weighted by Crippen LogP contribution is -2.28. The number of nitrogens with one attached hydrogen (secondary N) is 1. The van der Waals surface area contributed by atoms with Gasteiger partial charge in [0.15, 0.2) is 0 Å². The van der Waals surface area contributed by atoms with E-state index in [1.807, 2.05) is 0 Å². The summed E-state index contributed by atoms with van der Waals surface area (Å²) in [6.45, 7) is -0.257. The second-order valence-electron chi connectivity index (χ2n) is 2.43. The molecule has 0 aromatic carbocycles. The van der Waals surface area contributed by atoms with Crippen LogP contribution < -0.4 is 5.32 Å². The molecule has 0 amide bonds. The molecule has 0 fully saturated rings. The van der Waals surface area contributed by atoms with Crippen LogP contribution >= 0.6 is 22.6 Å². The molecule has 1 rings (SSSR count). The summed E-state index contributed by atoms with van der Waals surface area (Å²) in [7, 11) is 0. The molecule has 0 aliphatic rings. The van der Waals surface area contributed by atoms with Crippen LogP contribution in [-0.4, -0.2) is 39.4 Å². The summed E-state index contributed by atoms with van der Waals surface area (Å²) in [6.07, 6.45) is 3.07. The van der Waals surface area contributed by atoms with Crippen LogP contribution in [0.3, 0.4) is 0 Å². The summed E-state index contributed by atoms with van der Waals surface area (Å²) in [5, 5.41) is 20.5. The van der Waals surface area contributed by atoms with Gasteiger partial charge in [0, 0.05) is 6.20 Å². The number of anilines is 1. The summed E-state index contributed by atoms with van der Waals surface area (Å²) in [6, 6.07) is -0.372. The van der Waals surface area contributed by atoms with E-state index < -0.39 is 0 Å². The van der Waals surface area contributed by atoms with Crippen LogP contribution in [0.25, 0.3) is 0 Å². The highest BCUT2D eigenvalue weighted by Crippen LogP contribution is 2.12. The van der Waals surface area contributed by atoms with Crippen molar-refractivity contribution in [3.8, 4) is 0 Å². The van der Waals surface area contributed by atoms with Crippen LogP contribution in [0, 0.1) is 3.57 Å². The summed E-state index contributed by atoms with van der Waals surface area (Å²) in [4.78, 5) is 7.78. The van der Waals surface area contributed by atoms with Crippen molar-refractivity contribution < 1.29 is 10.2 Å². The largest absolute Gasteiger partial charge is 0.394 e. The lowest BCUT2D eigenvalue weighted by atomic mass is 10.3. The van der Waals surface area contributed by atoms with E-state index >= 15 is 0 Å². The second kappa shape index (κ2) is 5.30. The molecule has 0 aliphatic heterocycles. The van der Waals surface area contributed by atoms with Gasteiger partial charge >= 0.3 is 0 Å². The fourth-order valence-corrected chi connectivity index (χ4v) is 1.22. The van der Waals surface area contributed by atoms with Gasteiger partial charge in [-0.05, 0) is 22.6 Å². The predicted octanol–water partition coefficient (Wildman–Crippen LogP) is -0.154. The van der Waals surface area contributed by atoms with E-state index in [1.54, 1.807) is 6.20 Å². The van der Waals surface area contributed by atoms with Gasteiger partial charge < -0.3 is 15.5 Å². The van der Waals surface area contributed by atoms with Crippen LogP contribution in [-0.2, 0) is 0 Å². The number of halogens is 1. The molecular formula is C7H10IN3O2. The van der Waals surface area contributed by atoms with E-state index in [2.05, 4.69) is 37.9 Å². The Labute approximate surface area is 89.4 Å². The van der Waals surface area contributed by atoms with Gasteiger partial charge in [-0.25, -0.2) is 9.97 Å². The van der Waals surface area contributed by atoms with Crippen LogP contribution in [0.1, 0.15) is 0 Å². The minimum Gasteiger partial charge on any atom is -0.394 e. The van der Waals surface area contributed by atoms with Gasteiger partial charge in [0.05, 0.1) is 22.8 Å². The monoisotopic (exact) mass is 295 g/mol. The average Bonchev–Trinajstić information content (AvgIpc) is 2.17. The molecular weight excluding hydrogens is 285 g/mol. The van der Waals surface area contributed by atoms with Crippen molar-refractivity contribution in [1.29, 1.82) is 0 Å². The van der Waals surface area contributed by atoms with Gasteiger partial charge in [0.2, 0.25) is 0 Å². The predicted molar refractivity (Wildman–Crippen MR) is 56.3 cm³/mol. The van der Waals surface area contributed by atoms with Crippen molar-refractivity contribution in [2.75, 3.05) is 18.5 Å². The Morgan fingerprint density at radius 1 is 1.46 bits per heavy atom. The summed E-state index contributed by atoms with van der Waals surface area (Å²) < 4.78 is 0.854. The summed E-state index contributed by atoms with van der Waals surface area (Å²) >= 11 is 2.08. The summed E-state index contributed by atoms with van der Waals surface area (Å²) in [5.41, 5.74) is 0. The highest BCUT2D eigenvalue weighted by atomic mass is 127. The van der Waals surface area contributed by atoms with Gasteiger partial charge in [-0.15, -0.1) is 0 Å². The maximum Gasteiger partial charge on any atom is 0.143 e. The van der Waals surface area contributed by atoms with Crippen LogP contribution in [0.15, 0.2) is 12.5 Å². The van der Waals surface area contributed by atoms with Crippen molar-refractivity contribution in [3.05, 3.63) is 16.1 Å². The van der Waals surface area contributed by atoms with E-state index in [0.717, 1.165) is 3.57 Å². The first-order valence-electron chi connectivity index (χ1n) is 3.71. The van der Waals surface area contributed by atoms with Gasteiger partial charge in [-0.2, -0.15) is 0 Å². The molecule has 13 heavy (non-hydrogen) atoms. The highest BCUT2D eigenvalue weighted by molar-refractivity contribution is 14.1. The first-order valence-corrected chi connectivity index (χ1v) is 4.79. The molecule has 6 heteroatoms. The topological polar surface area (TPSA) is 78.3 Å². The molecule has 3 N–H and O–H groups in total. The zero-order valence-electron chi connectivity index (χ0n) is 6.81. The number of nitrogens with zero attached hydrogens (tertiary/aromatic N) is 2. The molecule has 0 unspecified atom stereocenters. The number of aliphatic hydroxyl groups is 2. The number of aliphatic hydroxyl groups excluding tert-OH is 2. The maximum atomic E-state index is 8.81. The fraction of sp³-hybridized carbons (Fsp3) is 0.429. The smallest absolute Gasteiger partial charge is 0.143 e. The lowest BCUT2D eigenvalue weighted by molar-refractivity contribution is 0.203. The van der Waals surface area contributed by atoms with Crippen molar-refractivity contribution in [3.63, 3.8) is 0 Å². The van der Waals surface area contributed by atoms with E-state index in [9.17, 15) is 0 Å². The second-order valence-corrected chi connectivity index (χ2v) is 3.59. The third kappa shape index (κ3) is 3.05. The third-order valence-electron chi connectivity index (χ3n) is 1.45. The zero-order chi connectivity index (χ0) is 9.68. The number of hydrogen-bond donors (Lipinski definition) is 3. The first-order chi connectivity index (χ1) is 6.27. The Morgan fingerprint density at radius 2 is 2.15 bits per heavy atom. The maximum absolute atomic E-state index is 8.81. The molecule has 0 saturated carbocycles. The van der Waals surface area contributed by atoms with Gasteiger partial charge in [0.1, 0.15) is 12.1 Å². The van der Waals surface area contributed by atoms with Gasteiger partial charge in [-0.1, -0.05) is 0 Å². The molecule has 72 valence electrons. The molecule has 0 radical (unpaired) electrons. The highest BCUT2D eigenvalue weighted by Gasteiger charge is 2.07. The van der Waals surface area contributed by atoms with Crippen LogP contribution in [0.2, 0.25) is 0 Å². The molecule has 0 bridgehead atoms. The number of hydrogen-bond acceptors (Lipinski definition) is 5. The molecule has 0 spiro atoms. The molecule has 0 aliphatic carbocycles. The van der Waals surface area contributed by atoms with E-state index in [-0.39, 0.29) is 19.3 Å². The Bertz CT molecular complexity index is 268. The first kappa shape index (κ1) is 10.6. The van der Waals surface area contributed by atoms with Gasteiger partial charge in [0.25, 0.3) is 0 Å². The SMILES string of the molecule is OCC(CO)Nc1ncncc1I. The van der Waals surface area contributed by atoms with E-state index in [0.29, 0.717) is 5.82 Å². The molecule has 0 saturated heterocycles. The van der Waals surface area contributed by atoms with Crippen molar-refractivity contribution in [1.82, 2.24) is 9.97 Å². The van der Waals surface area contributed by atoms with Crippen molar-refractivity contribution in [2.24, 2.45) is 0 Å². The molecule has 1 aromatic rings. The van der Waals surface area contributed by atoms with E-state index in [1.165, 1.54) is 6.33 Å². The fourth-order valence-electron chi connectivity index (χ4n) is 0.761. The van der Waals surface area contributed by atoms with Gasteiger partial charge in [-0.3, -0.25) is 0 Å². The van der Waals surface area contributed by atoms with Crippen molar-refractivity contribution >= 4 is 28.4 Å². The molecule has 1 aromatic heterocycles. The quantitative estimate of drug-likeness (QED) is 0.673. The minimum atomic E-state index is -0.372. The third-order valence-corrected chi connectivity index (χ3v) is 2.24. The zero-order valence-corrected chi connectivity index (χ0v) is 8.97. The average molecular weight is 295 g/mol. The standard InChI is InChI=1S/C7H10IN3O2/c8-6-1-9-4-10-7(6)11-5(2-12)3-13/h1,4-5,12-13H,2-3H2,(H,9,10,11). The lowest BCUT2D eigenvalue weighted by Gasteiger charge is -2.14. The van der Waals surface area contributed by atoms with Crippen LogP contribution in [0.5, 0.6) is 0 Å². The minimum absolute atomic E-state index is 0.128. The molecule has 1 heterocycles. The Balaban J connectivity index is 2.67. The summed E-state index contributed by atoms with van der Waals surface area (Å²) in [5.74, 6) is 0.628. The molecule has 0 atom stereocenters. The number of aromatic nitrogens is 2. The number of rotatable bonds is 4. The molecule has 5 nitrogen and oxygen atoms in total. The van der Waals surface area contributed by atoms with Crippen molar-refractivity contribution in [2.45, 2.75) is 6.04 Å². The van der Waals surface area contributed by atoms with E-state index in [4.69, 9.17) is 10.2 Å².